The first-order chi connectivity index (χ1) is 11.4. The van der Waals surface area contributed by atoms with Gasteiger partial charge in [0.15, 0.2) is 0 Å². The van der Waals surface area contributed by atoms with Gasteiger partial charge in [-0.1, -0.05) is 18.2 Å². The Balaban J connectivity index is 1.95. The molecule has 0 bridgehead atoms. The lowest BCUT2D eigenvalue weighted by atomic mass is 9.97. The molecule has 2 rings (SSSR count). The number of ether oxygens (including phenoxy) is 2. The number of piperidine rings is 1. The number of nitrogens with zero attached hydrogens (tertiary/aromatic N) is 1. The SMILES string of the molecule is COC[C@H]1C(NS(C)(=O)=O)CCCN1CCOc1ccccc1C. The van der Waals surface area contributed by atoms with Crippen LogP contribution < -0.4 is 9.46 Å². The van der Waals surface area contributed by atoms with Crippen molar-refractivity contribution in [1.82, 2.24) is 9.62 Å². The normalized spacial score (nSPS) is 22.5. The number of sulfonamides is 1. The fourth-order valence-electron chi connectivity index (χ4n) is 3.20. The van der Waals surface area contributed by atoms with Crippen LogP contribution in [0.4, 0.5) is 0 Å². The van der Waals surface area contributed by atoms with Gasteiger partial charge in [0.1, 0.15) is 12.4 Å². The zero-order valence-corrected chi connectivity index (χ0v) is 15.5. The molecule has 1 unspecified atom stereocenters. The van der Waals surface area contributed by atoms with Gasteiger partial charge in [0, 0.05) is 25.7 Å². The molecule has 0 radical (unpaired) electrons. The summed E-state index contributed by atoms with van der Waals surface area (Å²) in [5.74, 6) is 0.892. The summed E-state index contributed by atoms with van der Waals surface area (Å²) in [7, 11) is -1.58. The molecular weight excluding hydrogens is 328 g/mol. The van der Waals surface area contributed by atoms with Crippen LogP contribution in [-0.4, -0.2) is 65.1 Å². The highest BCUT2D eigenvalue weighted by molar-refractivity contribution is 7.88. The smallest absolute Gasteiger partial charge is 0.209 e. The van der Waals surface area contributed by atoms with E-state index >= 15 is 0 Å². The maximum atomic E-state index is 11.6. The molecule has 0 aromatic heterocycles. The first kappa shape index (κ1) is 19.2. The molecule has 0 aliphatic carbocycles. The number of likely N-dealkylation sites (tertiary alicyclic amines) is 1. The highest BCUT2D eigenvalue weighted by Crippen LogP contribution is 2.20. The number of nitrogens with one attached hydrogen (secondary N) is 1. The Bertz CT molecular complexity index is 621. The van der Waals surface area contributed by atoms with Gasteiger partial charge in [0.2, 0.25) is 10.0 Å². The zero-order chi connectivity index (χ0) is 17.6. The first-order valence-corrected chi connectivity index (χ1v) is 10.2. The van der Waals surface area contributed by atoms with Gasteiger partial charge < -0.3 is 9.47 Å². The molecular formula is C17H28N2O4S. The van der Waals surface area contributed by atoms with Gasteiger partial charge in [-0.15, -0.1) is 0 Å². The number of methoxy groups -OCH3 is 1. The van der Waals surface area contributed by atoms with E-state index in [1.165, 1.54) is 6.26 Å². The third kappa shape index (κ3) is 5.73. The van der Waals surface area contributed by atoms with Gasteiger partial charge in [-0.05, 0) is 37.9 Å². The lowest BCUT2D eigenvalue weighted by molar-refractivity contribution is 0.0404. The second kappa shape index (κ2) is 8.80. The van der Waals surface area contributed by atoms with Crippen molar-refractivity contribution in [3.63, 3.8) is 0 Å². The Morgan fingerprint density at radius 2 is 2.08 bits per heavy atom. The van der Waals surface area contributed by atoms with Gasteiger partial charge in [0.05, 0.1) is 12.9 Å². The predicted molar refractivity (Wildman–Crippen MR) is 94.9 cm³/mol. The van der Waals surface area contributed by atoms with Crippen LogP contribution in [0.1, 0.15) is 18.4 Å². The van der Waals surface area contributed by atoms with Crippen molar-refractivity contribution in [2.45, 2.75) is 31.8 Å². The molecule has 1 aliphatic heterocycles. The van der Waals surface area contributed by atoms with E-state index in [0.717, 1.165) is 37.2 Å². The van der Waals surface area contributed by atoms with Crippen molar-refractivity contribution in [1.29, 1.82) is 0 Å². The second-order valence-corrected chi connectivity index (χ2v) is 8.09. The number of aryl methyl sites for hydroxylation is 1. The fraction of sp³-hybridized carbons (Fsp3) is 0.647. The summed E-state index contributed by atoms with van der Waals surface area (Å²) >= 11 is 0. The molecule has 1 saturated heterocycles. The van der Waals surface area contributed by atoms with Crippen LogP contribution in [0.2, 0.25) is 0 Å². The number of hydrogen-bond acceptors (Lipinski definition) is 5. The van der Waals surface area contributed by atoms with Crippen molar-refractivity contribution < 1.29 is 17.9 Å². The zero-order valence-electron chi connectivity index (χ0n) is 14.7. The van der Waals surface area contributed by atoms with Crippen molar-refractivity contribution in [2.75, 3.05) is 39.7 Å². The van der Waals surface area contributed by atoms with Gasteiger partial charge in [0.25, 0.3) is 0 Å². The second-order valence-electron chi connectivity index (χ2n) is 6.31. The van der Waals surface area contributed by atoms with E-state index in [4.69, 9.17) is 9.47 Å². The average Bonchev–Trinajstić information content (AvgIpc) is 2.51. The van der Waals surface area contributed by atoms with E-state index in [2.05, 4.69) is 9.62 Å². The molecule has 1 aromatic rings. The van der Waals surface area contributed by atoms with Gasteiger partial charge in [-0.2, -0.15) is 0 Å². The van der Waals surface area contributed by atoms with Crippen LogP contribution in [0.15, 0.2) is 24.3 Å². The third-order valence-corrected chi connectivity index (χ3v) is 5.06. The molecule has 136 valence electrons. The minimum Gasteiger partial charge on any atom is -0.492 e. The van der Waals surface area contributed by atoms with Crippen LogP contribution in [0.5, 0.6) is 5.75 Å². The highest BCUT2D eigenvalue weighted by atomic mass is 32.2. The maximum Gasteiger partial charge on any atom is 0.209 e. The Labute approximate surface area is 145 Å². The average molecular weight is 356 g/mol. The molecule has 1 heterocycles. The predicted octanol–water partition coefficient (Wildman–Crippen LogP) is 1.40. The number of para-hydroxylation sites is 1. The van der Waals surface area contributed by atoms with E-state index in [0.29, 0.717) is 13.2 Å². The molecule has 0 amide bonds. The van der Waals surface area contributed by atoms with E-state index in [9.17, 15) is 8.42 Å². The number of hydrogen-bond donors (Lipinski definition) is 1. The number of benzene rings is 1. The molecule has 0 spiro atoms. The first-order valence-electron chi connectivity index (χ1n) is 8.29. The molecule has 24 heavy (non-hydrogen) atoms. The third-order valence-electron chi connectivity index (χ3n) is 4.33. The summed E-state index contributed by atoms with van der Waals surface area (Å²) in [6.45, 7) is 4.75. The minimum atomic E-state index is -3.23. The van der Waals surface area contributed by atoms with Crippen LogP contribution >= 0.6 is 0 Å². The van der Waals surface area contributed by atoms with E-state index in [1.807, 2.05) is 31.2 Å². The fourth-order valence-corrected chi connectivity index (χ4v) is 4.03. The van der Waals surface area contributed by atoms with Crippen molar-refractivity contribution >= 4 is 10.0 Å². The summed E-state index contributed by atoms with van der Waals surface area (Å²) in [4.78, 5) is 2.26. The van der Waals surface area contributed by atoms with Crippen LogP contribution in [0, 0.1) is 6.92 Å². The molecule has 7 heteroatoms. The summed E-state index contributed by atoms with van der Waals surface area (Å²) in [6.07, 6.45) is 2.99. The van der Waals surface area contributed by atoms with E-state index < -0.39 is 10.0 Å². The molecule has 6 nitrogen and oxygen atoms in total. The molecule has 1 aliphatic rings. The van der Waals surface area contributed by atoms with Gasteiger partial charge in [-0.25, -0.2) is 13.1 Å². The topological polar surface area (TPSA) is 67.9 Å². The summed E-state index contributed by atoms with van der Waals surface area (Å²) < 4.78 is 37.1. The molecule has 1 fully saturated rings. The Morgan fingerprint density at radius 3 is 2.75 bits per heavy atom. The van der Waals surface area contributed by atoms with E-state index in [1.54, 1.807) is 7.11 Å². The molecule has 1 N–H and O–H groups in total. The Morgan fingerprint density at radius 1 is 1.33 bits per heavy atom. The van der Waals surface area contributed by atoms with Crippen LogP contribution in [0.3, 0.4) is 0 Å². The standard InChI is InChI=1S/C17H28N2O4S/c1-14-7-4-5-9-17(14)23-12-11-19-10-6-8-15(16(19)13-22-2)18-24(3,20)21/h4-5,7,9,15-16,18H,6,8,10-13H2,1-3H3/t15?,16-/m0/s1. The maximum absolute atomic E-state index is 11.6. The number of rotatable bonds is 8. The lowest BCUT2D eigenvalue weighted by Gasteiger charge is -2.40. The minimum absolute atomic E-state index is 0.0268. The van der Waals surface area contributed by atoms with Crippen molar-refractivity contribution in [3.05, 3.63) is 29.8 Å². The lowest BCUT2D eigenvalue weighted by Crippen LogP contribution is -2.57. The van der Waals surface area contributed by atoms with E-state index in [-0.39, 0.29) is 12.1 Å². The molecule has 0 saturated carbocycles. The highest BCUT2D eigenvalue weighted by Gasteiger charge is 2.32. The largest absolute Gasteiger partial charge is 0.492 e. The monoisotopic (exact) mass is 356 g/mol. The van der Waals surface area contributed by atoms with Crippen LogP contribution in [0.25, 0.3) is 0 Å². The Kier molecular flexibility index (Phi) is 7.03. The summed E-state index contributed by atoms with van der Waals surface area (Å²) in [6, 6.07) is 7.85. The molecule has 2 atom stereocenters. The molecule has 1 aromatic carbocycles. The quantitative estimate of drug-likeness (QED) is 0.763. The Hall–Kier alpha value is -1.15. The summed E-state index contributed by atoms with van der Waals surface area (Å²) in [5.41, 5.74) is 1.11. The summed E-state index contributed by atoms with van der Waals surface area (Å²) in [5, 5.41) is 0. The van der Waals surface area contributed by atoms with Gasteiger partial charge >= 0.3 is 0 Å². The van der Waals surface area contributed by atoms with Crippen molar-refractivity contribution in [3.8, 4) is 5.75 Å². The van der Waals surface area contributed by atoms with Crippen molar-refractivity contribution in [2.24, 2.45) is 0 Å². The van der Waals surface area contributed by atoms with Crippen LogP contribution in [-0.2, 0) is 14.8 Å². The van der Waals surface area contributed by atoms with Gasteiger partial charge in [-0.3, -0.25) is 4.90 Å².